The fourth-order valence-electron chi connectivity index (χ4n) is 3.03. The first-order chi connectivity index (χ1) is 13.5. The third-order valence-electron chi connectivity index (χ3n) is 4.62. The summed E-state index contributed by atoms with van der Waals surface area (Å²) in [7, 11) is 1.68. The van der Waals surface area contributed by atoms with E-state index in [1.165, 1.54) is 39.0 Å². The van der Waals surface area contributed by atoms with Gasteiger partial charge in [-0.3, -0.25) is 19.0 Å². The molecule has 1 aliphatic heterocycles. The Hall–Kier alpha value is -2.17. The number of nitrogens with zero attached hydrogens (tertiary/aromatic N) is 4. The number of rotatable bonds is 4. The third-order valence-corrected chi connectivity index (χ3v) is 7.39. The molecule has 0 spiro atoms. The van der Waals surface area contributed by atoms with Crippen LogP contribution in [0.3, 0.4) is 0 Å². The van der Waals surface area contributed by atoms with E-state index in [2.05, 4.69) is 4.98 Å². The van der Waals surface area contributed by atoms with Crippen molar-refractivity contribution in [3.05, 3.63) is 44.2 Å². The predicted octanol–water partition coefficient (Wildman–Crippen LogP) is 2.13. The summed E-state index contributed by atoms with van der Waals surface area (Å²) < 4.78 is 2.12. The molecule has 3 aromatic rings. The highest BCUT2D eigenvalue weighted by atomic mass is 32.2. The fraction of sp³-hybridized carbons (Fsp3) is 0.333. The van der Waals surface area contributed by atoms with Gasteiger partial charge in [0.2, 0.25) is 5.91 Å². The summed E-state index contributed by atoms with van der Waals surface area (Å²) >= 11 is 4.08. The molecule has 0 saturated carbocycles. The first kappa shape index (κ1) is 19.2. The van der Waals surface area contributed by atoms with Crippen LogP contribution in [0.5, 0.6) is 0 Å². The highest BCUT2D eigenvalue weighted by molar-refractivity contribution is 7.99. The largest absolute Gasteiger partial charge is 0.338 e. The van der Waals surface area contributed by atoms with E-state index in [1.807, 2.05) is 29.0 Å². The van der Waals surface area contributed by atoms with Gasteiger partial charge >= 0.3 is 0 Å². The van der Waals surface area contributed by atoms with Gasteiger partial charge in [-0.25, -0.2) is 4.98 Å². The van der Waals surface area contributed by atoms with E-state index in [0.717, 1.165) is 4.88 Å². The molecule has 1 aliphatic rings. The van der Waals surface area contributed by atoms with E-state index in [1.54, 1.807) is 16.8 Å². The number of piperazine rings is 1. The van der Waals surface area contributed by atoms with E-state index in [0.29, 0.717) is 41.6 Å². The van der Waals surface area contributed by atoms with Crippen LogP contribution in [0, 0.1) is 0 Å². The molecule has 0 bridgehead atoms. The lowest BCUT2D eigenvalue weighted by molar-refractivity contribution is -0.129. The van der Waals surface area contributed by atoms with Crippen molar-refractivity contribution in [1.29, 1.82) is 0 Å². The van der Waals surface area contributed by atoms with Crippen molar-refractivity contribution in [3.8, 4) is 0 Å². The summed E-state index contributed by atoms with van der Waals surface area (Å²) in [4.78, 5) is 46.1. The van der Waals surface area contributed by atoms with Crippen molar-refractivity contribution >= 4 is 56.5 Å². The molecule has 0 unspecified atom stereocenters. The molecular weight excluding hydrogens is 416 g/mol. The van der Waals surface area contributed by atoms with Gasteiger partial charge in [-0.1, -0.05) is 17.8 Å². The van der Waals surface area contributed by atoms with Gasteiger partial charge in [0, 0.05) is 33.2 Å². The summed E-state index contributed by atoms with van der Waals surface area (Å²) in [6.07, 6.45) is 0. The van der Waals surface area contributed by atoms with Gasteiger partial charge in [-0.15, -0.1) is 22.7 Å². The summed E-state index contributed by atoms with van der Waals surface area (Å²) in [6, 6.07) is 5.50. The van der Waals surface area contributed by atoms with Crippen LogP contribution in [0.2, 0.25) is 0 Å². The fourth-order valence-corrected chi connectivity index (χ4v) is 5.40. The second-order valence-electron chi connectivity index (χ2n) is 6.33. The smallest absolute Gasteiger partial charge is 0.271 e. The molecule has 0 atom stereocenters. The maximum absolute atomic E-state index is 12.6. The van der Waals surface area contributed by atoms with Crippen LogP contribution in [0.15, 0.2) is 38.9 Å². The van der Waals surface area contributed by atoms with Crippen molar-refractivity contribution in [2.75, 3.05) is 31.9 Å². The average molecular weight is 435 g/mol. The standard InChI is InChI=1S/C18H18N4O3S3/c1-20-17(25)15-12(4-10-27-15)19-18(20)28-11-14(23)21-5-7-22(8-6-21)16(24)13-3-2-9-26-13/h2-4,9-10H,5-8,11H2,1H3. The summed E-state index contributed by atoms with van der Waals surface area (Å²) in [6.45, 7) is 2.11. The number of carbonyl (C=O) groups excluding carboxylic acids is 2. The molecule has 2 amide bonds. The zero-order chi connectivity index (χ0) is 19.7. The summed E-state index contributed by atoms with van der Waals surface area (Å²) in [5, 5.41) is 4.27. The number of carbonyl (C=O) groups is 2. The van der Waals surface area contributed by atoms with Crippen molar-refractivity contribution < 1.29 is 9.59 Å². The molecule has 28 heavy (non-hydrogen) atoms. The van der Waals surface area contributed by atoms with Gasteiger partial charge in [0.1, 0.15) is 4.70 Å². The Kier molecular flexibility index (Phi) is 5.51. The third kappa shape index (κ3) is 3.71. The maximum atomic E-state index is 12.6. The number of thioether (sulfide) groups is 1. The Morgan fingerprint density at radius 3 is 2.57 bits per heavy atom. The Balaban J connectivity index is 1.35. The first-order valence-corrected chi connectivity index (χ1v) is 11.5. The van der Waals surface area contributed by atoms with Crippen molar-refractivity contribution in [1.82, 2.24) is 19.4 Å². The lowest BCUT2D eigenvalue weighted by atomic mass is 10.3. The zero-order valence-electron chi connectivity index (χ0n) is 15.2. The van der Waals surface area contributed by atoms with Gasteiger partial charge in [-0.2, -0.15) is 0 Å². The minimum atomic E-state index is -0.0874. The summed E-state index contributed by atoms with van der Waals surface area (Å²) in [5.41, 5.74) is 0.583. The van der Waals surface area contributed by atoms with Crippen LogP contribution < -0.4 is 5.56 Å². The molecule has 0 aliphatic carbocycles. The lowest BCUT2D eigenvalue weighted by Crippen LogP contribution is -2.51. The second kappa shape index (κ2) is 8.06. The Morgan fingerprint density at radius 1 is 1.11 bits per heavy atom. The van der Waals surface area contributed by atoms with Crippen LogP contribution >= 0.6 is 34.4 Å². The highest BCUT2D eigenvalue weighted by Crippen LogP contribution is 2.21. The molecule has 10 heteroatoms. The topological polar surface area (TPSA) is 75.5 Å². The molecule has 1 fully saturated rings. The van der Waals surface area contributed by atoms with Crippen LogP contribution in [-0.2, 0) is 11.8 Å². The second-order valence-corrected chi connectivity index (χ2v) is 9.14. The maximum Gasteiger partial charge on any atom is 0.271 e. The highest BCUT2D eigenvalue weighted by Gasteiger charge is 2.25. The molecule has 0 radical (unpaired) electrons. The summed E-state index contributed by atoms with van der Waals surface area (Å²) in [5.74, 6) is 0.238. The number of hydrogen-bond donors (Lipinski definition) is 0. The SMILES string of the molecule is Cn1c(SCC(=O)N2CCN(C(=O)c3cccs3)CC2)nc2ccsc2c1=O. The number of thiophene rings is 2. The van der Waals surface area contributed by atoms with Gasteiger partial charge in [0.05, 0.1) is 16.1 Å². The molecule has 4 heterocycles. The number of amides is 2. The van der Waals surface area contributed by atoms with E-state index in [4.69, 9.17) is 0 Å². The van der Waals surface area contributed by atoms with E-state index in [9.17, 15) is 14.4 Å². The van der Waals surface area contributed by atoms with Crippen molar-refractivity contribution in [2.24, 2.45) is 7.05 Å². The quantitative estimate of drug-likeness (QED) is 0.465. The van der Waals surface area contributed by atoms with Gasteiger partial charge in [0.15, 0.2) is 5.16 Å². The van der Waals surface area contributed by atoms with Crippen LogP contribution in [0.25, 0.3) is 10.2 Å². The van der Waals surface area contributed by atoms with Crippen molar-refractivity contribution in [3.63, 3.8) is 0 Å². The minimum absolute atomic E-state index is 0.00659. The van der Waals surface area contributed by atoms with E-state index >= 15 is 0 Å². The Bertz CT molecular complexity index is 1070. The average Bonchev–Trinajstić information content (AvgIpc) is 3.41. The monoisotopic (exact) mass is 434 g/mol. The van der Waals surface area contributed by atoms with Crippen LogP contribution in [0.4, 0.5) is 0 Å². The minimum Gasteiger partial charge on any atom is -0.338 e. The molecule has 0 aromatic carbocycles. The van der Waals surface area contributed by atoms with E-state index in [-0.39, 0.29) is 23.1 Å². The number of fused-ring (bicyclic) bond motifs is 1. The van der Waals surface area contributed by atoms with Gasteiger partial charge in [-0.05, 0) is 22.9 Å². The van der Waals surface area contributed by atoms with Crippen LogP contribution in [0.1, 0.15) is 9.67 Å². The normalized spacial score (nSPS) is 14.6. The molecule has 7 nitrogen and oxygen atoms in total. The molecular formula is C18H18N4O3S3. The number of hydrogen-bond acceptors (Lipinski definition) is 7. The number of aromatic nitrogens is 2. The molecule has 3 aromatic heterocycles. The van der Waals surface area contributed by atoms with Gasteiger partial charge in [0.25, 0.3) is 11.5 Å². The Morgan fingerprint density at radius 2 is 1.86 bits per heavy atom. The molecule has 4 rings (SSSR count). The predicted molar refractivity (Wildman–Crippen MR) is 112 cm³/mol. The van der Waals surface area contributed by atoms with Gasteiger partial charge < -0.3 is 9.80 Å². The zero-order valence-corrected chi connectivity index (χ0v) is 17.6. The Labute approximate surface area is 173 Å². The molecule has 0 N–H and O–H groups in total. The lowest BCUT2D eigenvalue weighted by Gasteiger charge is -2.34. The molecule has 1 saturated heterocycles. The van der Waals surface area contributed by atoms with Crippen LogP contribution in [-0.4, -0.2) is 63.1 Å². The first-order valence-electron chi connectivity index (χ1n) is 8.72. The molecule has 146 valence electrons. The van der Waals surface area contributed by atoms with E-state index < -0.39 is 0 Å². The van der Waals surface area contributed by atoms with Crippen molar-refractivity contribution in [2.45, 2.75) is 5.16 Å².